The number of hydrogen-bond donors (Lipinski definition) is 3. The minimum atomic E-state index is -3.53. The number of pyridine rings is 1. The lowest BCUT2D eigenvalue weighted by Crippen LogP contribution is -2.41. The fraction of sp³-hybridized carbons (Fsp3) is 0.684. The third kappa shape index (κ3) is 8.12. The minimum absolute atomic E-state index is 0.169. The Hall–Kier alpha value is -1.71. The summed E-state index contributed by atoms with van der Waals surface area (Å²) >= 11 is 0. The number of likely N-dealkylation sites (tertiary alicyclic amines) is 1. The van der Waals surface area contributed by atoms with Crippen LogP contribution in [0.4, 0.5) is 0 Å². The smallest absolute Gasteiger partial charge is 0.242 e. The highest BCUT2D eigenvalue weighted by molar-refractivity contribution is 7.89. The highest BCUT2D eigenvalue weighted by atomic mass is 32.2. The maximum Gasteiger partial charge on any atom is 0.242 e. The SMILES string of the molecule is CCNC(=NCCCN1CCC(C)CC1)NCCNS(=O)(=O)c1cccnc1. The second kappa shape index (κ2) is 12.0. The maximum atomic E-state index is 12.2. The molecule has 1 aromatic rings. The van der Waals surface area contributed by atoms with Gasteiger partial charge >= 0.3 is 0 Å². The van der Waals surface area contributed by atoms with Crippen LogP contribution < -0.4 is 15.4 Å². The average molecular weight is 411 g/mol. The zero-order valence-corrected chi connectivity index (χ0v) is 17.8. The highest BCUT2D eigenvalue weighted by Gasteiger charge is 2.15. The van der Waals surface area contributed by atoms with Crippen LogP contribution in [-0.2, 0) is 10.0 Å². The maximum absolute atomic E-state index is 12.2. The largest absolute Gasteiger partial charge is 0.357 e. The van der Waals surface area contributed by atoms with E-state index in [1.54, 1.807) is 12.3 Å². The molecule has 9 heteroatoms. The predicted molar refractivity (Wildman–Crippen MR) is 113 cm³/mol. The Morgan fingerprint density at radius 2 is 2.07 bits per heavy atom. The van der Waals surface area contributed by atoms with Crippen LogP contribution in [0.3, 0.4) is 0 Å². The number of guanidine groups is 1. The van der Waals surface area contributed by atoms with Crippen LogP contribution in [0.25, 0.3) is 0 Å². The van der Waals surface area contributed by atoms with E-state index in [1.165, 1.54) is 38.2 Å². The number of rotatable bonds is 10. The molecule has 0 saturated carbocycles. The minimum Gasteiger partial charge on any atom is -0.357 e. The molecular weight excluding hydrogens is 376 g/mol. The lowest BCUT2D eigenvalue weighted by atomic mass is 9.99. The lowest BCUT2D eigenvalue weighted by molar-refractivity contribution is 0.192. The first-order chi connectivity index (χ1) is 13.5. The topological polar surface area (TPSA) is 98.7 Å². The number of aliphatic imine (C=N–C) groups is 1. The van der Waals surface area contributed by atoms with Gasteiger partial charge in [-0.3, -0.25) is 9.98 Å². The van der Waals surface area contributed by atoms with Crippen molar-refractivity contribution in [3.63, 3.8) is 0 Å². The van der Waals surface area contributed by atoms with E-state index in [2.05, 4.69) is 37.2 Å². The number of nitrogens with zero attached hydrogens (tertiary/aromatic N) is 3. The monoisotopic (exact) mass is 410 g/mol. The zero-order valence-electron chi connectivity index (χ0n) is 17.0. The summed E-state index contributed by atoms with van der Waals surface area (Å²) in [4.78, 5) is 11.1. The predicted octanol–water partition coefficient (Wildman–Crippen LogP) is 1.04. The first kappa shape index (κ1) is 22.6. The summed E-state index contributed by atoms with van der Waals surface area (Å²) in [6, 6.07) is 3.13. The van der Waals surface area contributed by atoms with Crippen molar-refractivity contribution in [1.82, 2.24) is 25.2 Å². The number of aromatic nitrogens is 1. The van der Waals surface area contributed by atoms with Gasteiger partial charge in [-0.25, -0.2) is 13.1 Å². The zero-order chi connectivity index (χ0) is 20.2. The van der Waals surface area contributed by atoms with Gasteiger partial charge in [-0.05, 0) is 63.9 Å². The van der Waals surface area contributed by atoms with Gasteiger partial charge in [0.2, 0.25) is 10.0 Å². The molecule has 0 unspecified atom stereocenters. The summed E-state index contributed by atoms with van der Waals surface area (Å²) in [5.41, 5.74) is 0. The fourth-order valence-electron chi connectivity index (χ4n) is 3.07. The molecule has 0 amide bonds. The van der Waals surface area contributed by atoms with Gasteiger partial charge in [0, 0.05) is 38.6 Å². The van der Waals surface area contributed by atoms with Crippen LogP contribution in [0.15, 0.2) is 34.4 Å². The van der Waals surface area contributed by atoms with E-state index >= 15 is 0 Å². The van der Waals surface area contributed by atoms with E-state index in [0.717, 1.165) is 37.9 Å². The molecule has 1 fully saturated rings. The summed E-state index contributed by atoms with van der Waals surface area (Å²) in [6.07, 6.45) is 6.50. The molecule has 0 aliphatic carbocycles. The van der Waals surface area contributed by atoms with E-state index < -0.39 is 10.0 Å². The van der Waals surface area contributed by atoms with Crippen molar-refractivity contribution in [2.75, 3.05) is 45.8 Å². The van der Waals surface area contributed by atoms with Crippen molar-refractivity contribution in [3.8, 4) is 0 Å². The summed E-state index contributed by atoms with van der Waals surface area (Å²) < 4.78 is 26.9. The van der Waals surface area contributed by atoms with Gasteiger partial charge < -0.3 is 15.5 Å². The summed E-state index contributed by atoms with van der Waals surface area (Å²) in [7, 11) is -3.53. The molecule has 1 aliphatic heterocycles. The van der Waals surface area contributed by atoms with Crippen molar-refractivity contribution in [2.24, 2.45) is 10.9 Å². The molecule has 1 aromatic heterocycles. The molecule has 3 N–H and O–H groups in total. The third-order valence-electron chi connectivity index (χ3n) is 4.78. The van der Waals surface area contributed by atoms with Crippen molar-refractivity contribution in [3.05, 3.63) is 24.5 Å². The van der Waals surface area contributed by atoms with Crippen molar-refractivity contribution in [1.29, 1.82) is 0 Å². The molecule has 1 saturated heterocycles. The molecule has 0 bridgehead atoms. The number of nitrogens with one attached hydrogen (secondary N) is 3. The second-order valence-electron chi connectivity index (χ2n) is 7.15. The van der Waals surface area contributed by atoms with Crippen LogP contribution in [0.2, 0.25) is 0 Å². The Morgan fingerprint density at radius 3 is 2.75 bits per heavy atom. The van der Waals surface area contributed by atoms with Crippen molar-refractivity contribution < 1.29 is 8.42 Å². The van der Waals surface area contributed by atoms with Gasteiger partial charge in [-0.2, -0.15) is 0 Å². The molecule has 158 valence electrons. The normalized spacial score (nSPS) is 16.9. The number of piperidine rings is 1. The first-order valence-corrected chi connectivity index (χ1v) is 11.6. The Bertz CT molecular complexity index is 688. The van der Waals surface area contributed by atoms with Gasteiger partial charge in [-0.15, -0.1) is 0 Å². The number of sulfonamides is 1. The first-order valence-electron chi connectivity index (χ1n) is 10.2. The van der Waals surface area contributed by atoms with Crippen molar-refractivity contribution in [2.45, 2.75) is 38.0 Å². The van der Waals surface area contributed by atoms with Gasteiger partial charge in [0.25, 0.3) is 0 Å². The fourth-order valence-corrected chi connectivity index (χ4v) is 4.06. The Kier molecular flexibility index (Phi) is 9.66. The van der Waals surface area contributed by atoms with Crippen LogP contribution in [0.1, 0.15) is 33.1 Å². The van der Waals surface area contributed by atoms with Gasteiger partial charge in [0.15, 0.2) is 5.96 Å². The Morgan fingerprint density at radius 1 is 1.29 bits per heavy atom. The van der Waals surface area contributed by atoms with Crippen LogP contribution >= 0.6 is 0 Å². The van der Waals surface area contributed by atoms with Crippen LogP contribution in [0, 0.1) is 5.92 Å². The van der Waals surface area contributed by atoms with E-state index in [9.17, 15) is 8.42 Å². The molecule has 0 spiro atoms. The second-order valence-corrected chi connectivity index (χ2v) is 8.92. The standard InChI is InChI=1S/C19H34N6O2S/c1-3-21-19(22-10-5-13-25-14-7-17(2)8-15-25)23-11-12-24-28(26,27)18-6-4-9-20-16-18/h4,6,9,16-17,24H,3,5,7-8,10-15H2,1-2H3,(H2,21,22,23). The van der Waals surface area contributed by atoms with Crippen LogP contribution in [-0.4, -0.2) is 70.1 Å². The molecule has 0 atom stereocenters. The van der Waals surface area contributed by atoms with E-state index in [0.29, 0.717) is 6.54 Å². The van der Waals surface area contributed by atoms with Gasteiger partial charge in [0.1, 0.15) is 4.90 Å². The quantitative estimate of drug-likeness (QED) is 0.303. The molecule has 2 rings (SSSR count). The molecule has 28 heavy (non-hydrogen) atoms. The van der Waals surface area contributed by atoms with E-state index in [4.69, 9.17) is 0 Å². The van der Waals surface area contributed by atoms with Crippen LogP contribution in [0.5, 0.6) is 0 Å². The summed E-state index contributed by atoms with van der Waals surface area (Å²) in [5, 5.41) is 6.37. The summed E-state index contributed by atoms with van der Waals surface area (Å²) in [5.74, 6) is 1.57. The van der Waals surface area contributed by atoms with E-state index in [1.807, 2.05) is 6.92 Å². The average Bonchev–Trinajstić information content (AvgIpc) is 2.70. The third-order valence-corrected chi connectivity index (χ3v) is 6.22. The molecule has 0 radical (unpaired) electrons. The van der Waals surface area contributed by atoms with Gasteiger partial charge in [-0.1, -0.05) is 6.92 Å². The molecular formula is C19H34N6O2S. The van der Waals surface area contributed by atoms with Crippen molar-refractivity contribution >= 4 is 16.0 Å². The lowest BCUT2D eigenvalue weighted by Gasteiger charge is -2.29. The number of hydrogen-bond acceptors (Lipinski definition) is 5. The van der Waals surface area contributed by atoms with Gasteiger partial charge in [0.05, 0.1) is 0 Å². The summed E-state index contributed by atoms with van der Waals surface area (Å²) in [6.45, 7) is 10.0. The van der Waals surface area contributed by atoms with E-state index in [-0.39, 0.29) is 11.4 Å². The Balaban J connectivity index is 1.68. The highest BCUT2D eigenvalue weighted by Crippen LogP contribution is 2.15. The molecule has 1 aliphatic rings. The molecule has 2 heterocycles. The molecule has 0 aromatic carbocycles. The Labute approximate surface area is 169 Å². The molecule has 8 nitrogen and oxygen atoms in total.